The van der Waals surface area contributed by atoms with Crippen LogP contribution in [0.5, 0.6) is 5.75 Å². The normalized spacial score (nSPS) is 10.6. The minimum absolute atomic E-state index is 0.349. The van der Waals surface area contributed by atoms with E-state index in [2.05, 4.69) is 5.10 Å². The van der Waals surface area contributed by atoms with Crippen LogP contribution < -0.4 is 10.5 Å². The first-order valence-corrected chi connectivity index (χ1v) is 6.87. The summed E-state index contributed by atoms with van der Waals surface area (Å²) in [6.45, 7) is 0.480. The van der Waals surface area contributed by atoms with E-state index in [1.54, 1.807) is 36.1 Å². The van der Waals surface area contributed by atoms with Crippen LogP contribution in [0.25, 0.3) is 11.3 Å². The molecule has 0 spiro atoms. The Hall–Kier alpha value is -2.82. The van der Waals surface area contributed by atoms with Gasteiger partial charge in [-0.05, 0) is 29.8 Å². The number of nitrogen functional groups attached to an aromatic ring is 1. The summed E-state index contributed by atoms with van der Waals surface area (Å²) in [5.74, 6) is 0.437. The molecular weight excluding hydrogens is 281 g/mol. The lowest BCUT2D eigenvalue weighted by Crippen LogP contribution is -2.04. The number of halogens is 1. The smallest absolute Gasteiger partial charge is 0.169 e. The summed E-state index contributed by atoms with van der Waals surface area (Å²) >= 11 is 0. The van der Waals surface area contributed by atoms with E-state index < -0.39 is 0 Å². The molecule has 112 valence electrons. The number of rotatable bonds is 4. The van der Waals surface area contributed by atoms with Gasteiger partial charge in [-0.1, -0.05) is 24.3 Å². The Morgan fingerprint density at radius 1 is 1.09 bits per heavy atom. The summed E-state index contributed by atoms with van der Waals surface area (Å²) in [5, 5.41) is 4.13. The van der Waals surface area contributed by atoms with Crippen LogP contribution >= 0.6 is 0 Å². The van der Waals surface area contributed by atoms with Gasteiger partial charge >= 0.3 is 0 Å². The first kappa shape index (κ1) is 14.1. The van der Waals surface area contributed by atoms with E-state index in [9.17, 15) is 4.39 Å². The van der Waals surface area contributed by atoms with Crippen molar-refractivity contribution in [3.63, 3.8) is 0 Å². The monoisotopic (exact) mass is 297 g/mol. The maximum atomic E-state index is 14.1. The van der Waals surface area contributed by atoms with Gasteiger partial charge in [-0.2, -0.15) is 5.10 Å². The fourth-order valence-corrected chi connectivity index (χ4v) is 2.31. The van der Waals surface area contributed by atoms with Crippen molar-refractivity contribution < 1.29 is 9.13 Å². The van der Waals surface area contributed by atoms with Gasteiger partial charge in [-0.3, -0.25) is 4.68 Å². The summed E-state index contributed by atoms with van der Waals surface area (Å²) in [6, 6.07) is 14.7. The van der Waals surface area contributed by atoms with Crippen molar-refractivity contribution in [2.45, 2.75) is 6.54 Å². The van der Waals surface area contributed by atoms with E-state index in [-0.39, 0.29) is 5.82 Å². The molecule has 0 aliphatic carbocycles. The highest BCUT2D eigenvalue weighted by Gasteiger charge is 2.13. The lowest BCUT2D eigenvalue weighted by atomic mass is 10.1. The molecule has 1 heterocycles. The first-order chi connectivity index (χ1) is 10.7. The topological polar surface area (TPSA) is 53.1 Å². The second kappa shape index (κ2) is 5.89. The number of hydrogen-bond acceptors (Lipinski definition) is 3. The van der Waals surface area contributed by atoms with E-state index in [1.165, 1.54) is 6.20 Å². The zero-order chi connectivity index (χ0) is 15.5. The largest absolute Gasteiger partial charge is 0.497 e. The number of nitrogens with zero attached hydrogens (tertiary/aromatic N) is 2. The van der Waals surface area contributed by atoms with Crippen molar-refractivity contribution in [3.8, 4) is 17.0 Å². The highest BCUT2D eigenvalue weighted by molar-refractivity contribution is 5.62. The highest BCUT2D eigenvalue weighted by atomic mass is 19.1. The van der Waals surface area contributed by atoms with Crippen LogP contribution in [0.2, 0.25) is 0 Å². The fraction of sp³-hybridized carbons (Fsp3) is 0.118. The maximum Gasteiger partial charge on any atom is 0.169 e. The van der Waals surface area contributed by atoms with Gasteiger partial charge in [0.25, 0.3) is 0 Å². The second-order valence-electron chi connectivity index (χ2n) is 4.97. The average molecular weight is 297 g/mol. The molecule has 0 unspecified atom stereocenters. The van der Waals surface area contributed by atoms with Crippen molar-refractivity contribution >= 4 is 5.69 Å². The number of nitrogens with two attached hydrogens (primary N) is 1. The number of ether oxygens (including phenoxy) is 1. The third-order valence-electron chi connectivity index (χ3n) is 3.47. The van der Waals surface area contributed by atoms with Gasteiger partial charge in [0.15, 0.2) is 5.82 Å². The second-order valence-corrected chi connectivity index (χ2v) is 4.97. The molecule has 0 bridgehead atoms. The van der Waals surface area contributed by atoms with Gasteiger partial charge in [-0.15, -0.1) is 0 Å². The predicted molar refractivity (Wildman–Crippen MR) is 84.1 cm³/mol. The zero-order valence-corrected chi connectivity index (χ0v) is 12.2. The van der Waals surface area contributed by atoms with Crippen LogP contribution in [0.3, 0.4) is 0 Å². The molecule has 0 amide bonds. The van der Waals surface area contributed by atoms with Crippen molar-refractivity contribution in [1.29, 1.82) is 0 Å². The Morgan fingerprint density at radius 3 is 2.41 bits per heavy atom. The average Bonchev–Trinajstić information content (AvgIpc) is 2.90. The molecule has 3 rings (SSSR count). The molecule has 2 aromatic carbocycles. The van der Waals surface area contributed by atoms with Crippen LogP contribution in [0.15, 0.2) is 54.7 Å². The molecule has 0 saturated carbocycles. The summed E-state index contributed by atoms with van der Waals surface area (Å²) in [7, 11) is 1.62. The number of methoxy groups -OCH3 is 1. The molecule has 3 aromatic rings. The standard InChI is InChI=1S/C17H16FN3O/c1-22-15-8-2-12(3-9-15)11-21-17(16(18)10-20-21)13-4-6-14(19)7-5-13/h2-10H,11,19H2,1H3. The van der Waals surface area contributed by atoms with Crippen molar-refractivity contribution in [2.24, 2.45) is 0 Å². The number of aromatic nitrogens is 2. The van der Waals surface area contributed by atoms with Crippen LogP contribution in [0, 0.1) is 5.82 Å². The molecule has 0 saturated heterocycles. The fourth-order valence-electron chi connectivity index (χ4n) is 2.31. The van der Waals surface area contributed by atoms with E-state index >= 15 is 0 Å². The Bertz CT molecular complexity index is 764. The molecule has 5 heteroatoms. The summed E-state index contributed by atoms with van der Waals surface area (Å²) < 4.78 is 20.9. The number of hydrogen-bond donors (Lipinski definition) is 1. The minimum atomic E-state index is -0.349. The van der Waals surface area contributed by atoms with E-state index in [0.717, 1.165) is 16.9 Å². The van der Waals surface area contributed by atoms with Gasteiger partial charge in [0, 0.05) is 11.3 Å². The van der Waals surface area contributed by atoms with E-state index in [0.29, 0.717) is 17.9 Å². The van der Waals surface area contributed by atoms with Crippen LogP contribution in [-0.4, -0.2) is 16.9 Å². The number of benzene rings is 2. The van der Waals surface area contributed by atoms with Gasteiger partial charge in [0.1, 0.15) is 11.4 Å². The molecule has 22 heavy (non-hydrogen) atoms. The third-order valence-corrected chi connectivity index (χ3v) is 3.47. The Kier molecular flexibility index (Phi) is 3.78. The van der Waals surface area contributed by atoms with E-state index in [4.69, 9.17) is 10.5 Å². The van der Waals surface area contributed by atoms with Crippen molar-refractivity contribution in [1.82, 2.24) is 9.78 Å². The lowest BCUT2D eigenvalue weighted by Gasteiger charge is -2.09. The summed E-state index contributed by atoms with van der Waals surface area (Å²) in [6.07, 6.45) is 1.23. The van der Waals surface area contributed by atoms with E-state index in [1.807, 2.05) is 24.3 Å². The summed E-state index contributed by atoms with van der Waals surface area (Å²) in [4.78, 5) is 0. The molecule has 0 aliphatic heterocycles. The molecule has 2 N–H and O–H groups in total. The molecule has 0 atom stereocenters. The van der Waals surface area contributed by atoms with Crippen molar-refractivity contribution in [3.05, 3.63) is 66.1 Å². The van der Waals surface area contributed by atoms with Crippen molar-refractivity contribution in [2.75, 3.05) is 12.8 Å². The Balaban J connectivity index is 1.92. The quantitative estimate of drug-likeness (QED) is 0.752. The first-order valence-electron chi connectivity index (χ1n) is 6.87. The number of anilines is 1. The third kappa shape index (κ3) is 2.79. The summed E-state index contributed by atoms with van der Waals surface area (Å²) in [5.41, 5.74) is 8.54. The van der Waals surface area contributed by atoms with Crippen LogP contribution in [-0.2, 0) is 6.54 Å². The van der Waals surface area contributed by atoms with Crippen LogP contribution in [0.4, 0.5) is 10.1 Å². The highest BCUT2D eigenvalue weighted by Crippen LogP contribution is 2.24. The molecule has 0 fully saturated rings. The van der Waals surface area contributed by atoms with Crippen LogP contribution in [0.1, 0.15) is 5.56 Å². The Labute approximate surface area is 128 Å². The predicted octanol–water partition coefficient (Wildman–Crippen LogP) is 3.33. The van der Waals surface area contributed by atoms with Gasteiger partial charge in [0.2, 0.25) is 0 Å². The maximum absolute atomic E-state index is 14.1. The molecule has 4 nitrogen and oxygen atoms in total. The minimum Gasteiger partial charge on any atom is -0.497 e. The molecule has 0 aliphatic rings. The van der Waals surface area contributed by atoms with Gasteiger partial charge < -0.3 is 10.5 Å². The SMILES string of the molecule is COc1ccc(Cn2ncc(F)c2-c2ccc(N)cc2)cc1. The van der Waals surface area contributed by atoms with Gasteiger partial charge in [-0.25, -0.2) is 4.39 Å². The van der Waals surface area contributed by atoms with Gasteiger partial charge in [0.05, 0.1) is 19.9 Å². The zero-order valence-electron chi connectivity index (χ0n) is 12.2. The molecule has 0 radical (unpaired) electrons. The molecule has 1 aromatic heterocycles. The molecular formula is C17H16FN3O. The lowest BCUT2D eigenvalue weighted by molar-refractivity contribution is 0.414. The Morgan fingerprint density at radius 2 is 1.77 bits per heavy atom.